The smallest absolute Gasteiger partial charge is 0.468 e. The Balaban J connectivity index is 0.000000305. The maximum atomic E-state index is 12.1. The second-order valence-corrected chi connectivity index (χ2v) is 36.0. The fourth-order valence-electron chi connectivity index (χ4n) is 12.8. The molecular formula is C99H122N12O16S2. The van der Waals surface area contributed by atoms with Gasteiger partial charge in [0.05, 0.1) is 29.9 Å². The highest BCUT2D eigenvalue weighted by Crippen LogP contribution is 2.39. The zero-order valence-corrected chi connectivity index (χ0v) is 81.6. The topological polar surface area (TPSA) is 353 Å². The largest absolute Gasteiger partial charge is 0.512 e. The van der Waals surface area contributed by atoms with Crippen molar-refractivity contribution in [2.24, 2.45) is 28.2 Å². The first-order valence-electron chi connectivity index (χ1n) is 41.5. The van der Waals surface area contributed by atoms with E-state index in [-0.39, 0.29) is 63.5 Å². The summed E-state index contributed by atoms with van der Waals surface area (Å²) in [6, 6.07) is 40.2. The predicted octanol–water partition coefficient (Wildman–Crippen LogP) is 21.4. The lowest BCUT2D eigenvalue weighted by atomic mass is 9.86. The minimum absolute atomic E-state index is 0.00375. The number of methoxy groups -OCH3 is 1. The number of rotatable bonds is 26. The van der Waals surface area contributed by atoms with Crippen molar-refractivity contribution in [2.75, 3.05) is 31.8 Å². The Kier molecular flexibility index (Phi) is 39.2. The molecule has 129 heavy (non-hydrogen) atoms. The lowest BCUT2D eigenvalue weighted by Crippen LogP contribution is -2.20. The molecule has 0 saturated heterocycles. The molecule has 28 nitrogen and oxygen atoms in total. The number of esters is 1. The van der Waals surface area contributed by atoms with E-state index in [1.54, 1.807) is 67.7 Å². The van der Waals surface area contributed by atoms with Gasteiger partial charge >= 0.3 is 28.9 Å². The van der Waals surface area contributed by atoms with Gasteiger partial charge in [-0.15, -0.1) is 6.42 Å². The minimum atomic E-state index is -1.04. The quantitative estimate of drug-likeness (QED) is 0.00924. The van der Waals surface area contributed by atoms with Crippen LogP contribution in [0.1, 0.15) is 230 Å². The minimum Gasteiger partial charge on any atom is -0.468 e. The maximum Gasteiger partial charge on any atom is 0.512 e. The number of carbonyl (C=O) groups excluding carboxylic acids is 5. The Hall–Kier alpha value is -13.2. The van der Waals surface area contributed by atoms with E-state index in [2.05, 4.69) is 145 Å². The Morgan fingerprint density at radius 2 is 0.651 bits per heavy atom. The van der Waals surface area contributed by atoms with Gasteiger partial charge in [-0.2, -0.15) is 41.4 Å². The number of benzene rings is 4. The molecule has 0 radical (unpaired) electrons. The van der Waals surface area contributed by atoms with Crippen LogP contribution in [0.25, 0.3) is 45.3 Å². The van der Waals surface area contributed by atoms with E-state index in [0.717, 1.165) is 79.0 Å². The number of hydrogen-bond acceptors (Lipinski definition) is 26. The summed E-state index contributed by atoms with van der Waals surface area (Å²) >= 11 is 1.74. The first kappa shape index (κ1) is 106. The number of terminal acetylenes is 1. The number of ether oxygens (including phenoxy) is 11. The number of nitriles is 4. The Labute approximate surface area is 768 Å². The lowest BCUT2D eigenvalue weighted by molar-refractivity contribution is -0.137. The number of aromatic nitrogens is 8. The third-order valence-corrected chi connectivity index (χ3v) is 21.4. The van der Waals surface area contributed by atoms with Crippen LogP contribution < -0.4 is 0 Å². The molecule has 4 aromatic carbocycles. The molecule has 0 spiro atoms. The van der Waals surface area contributed by atoms with Gasteiger partial charge in [-0.3, -0.25) is 23.5 Å². The summed E-state index contributed by atoms with van der Waals surface area (Å²) < 4.78 is 65.8. The van der Waals surface area contributed by atoms with Crippen LogP contribution in [0, 0.1) is 113 Å². The van der Waals surface area contributed by atoms with E-state index in [9.17, 15) is 45.0 Å². The molecule has 8 aromatic rings. The highest BCUT2D eigenvalue weighted by atomic mass is 32.2. The predicted molar refractivity (Wildman–Crippen MR) is 503 cm³/mol. The number of hydrogen-bond donors (Lipinski definition) is 0. The Bertz CT molecular complexity index is 5660. The van der Waals surface area contributed by atoms with Crippen molar-refractivity contribution in [3.8, 4) is 36.6 Å². The zero-order chi connectivity index (χ0) is 97.1. The molecule has 0 saturated carbocycles. The molecule has 4 atom stereocenters. The van der Waals surface area contributed by atoms with Crippen LogP contribution in [-0.2, 0) is 107 Å². The first-order chi connectivity index (χ1) is 60.3. The summed E-state index contributed by atoms with van der Waals surface area (Å²) in [6.07, 6.45) is 0.747. The number of aryl methyl sites for hydroxylation is 8. The molecule has 0 fully saturated rings. The van der Waals surface area contributed by atoms with E-state index >= 15 is 0 Å². The molecule has 0 aliphatic rings. The second kappa shape index (κ2) is 47.6. The van der Waals surface area contributed by atoms with Gasteiger partial charge in [0.25, 0.3) is 0 Å². The molecule has 0 N–H and O–H groups in total. The van der Waals surface area contributed by atoms with Crippen molar-refractivity contribution < 1.29 is 76.1 Å². The second-order valence-electron chi connectivity index (χ2n) is 33.9. The monoisotopic (exact) mass is 1800 g/mol. The average molecular weight is 1800 g/mol. The van der Waals surface area contributed by atoms with Crippen molar-refractivity contribution >= 4 is 97.7 Å². The molecule has 0 amide bonds. The third-order valence-electron chi connectivity index (χ3n) is 20.0. The molecule has 30 heteroatoms. The summed E-state index contributed by atoms with van der Waals surface area (Å²) in [5, 5.41) is 57.0. The summed E-state index contributed by atoms with van der Waals surface area (Å²) in [6.45, 7) is 52.2. The molecule has 4 aromatic heterocycles. The highest BCUT2D eigenvalue weighted by Gasteiger charge is 2.32. The third kappa shape index (κ3) is 30.0. The van der Waals surface area contributed by atoms with Crippen molar-refractivity contribution in [1.82, 2.24) is 39.1 Å². The molecule has 4 heterocycles. The van der Waals surface area contributed by atoms with Gasteiger partial charge in [-0.05, 0) is 145 Å². The van der Waals surface area contributed by atoms with Gasteiger partial charge in [-0.1, -0.05) is 206 Å². The molecule has 4 unspecified atom stereocenters. The average Bonchev–Trinajstić information content (AvgIpc) is 1.69. The van der Waals surface area contributed by atoms with Crippen molar-refractivity contribution in [3.63, 3.8) is 0 Å². The summed E-state index contributed by atoms with van der Waals surface area (Å²) in [5.74, 6) is 3.22. The summed E-state index contributed by atoms with van der Waals surface area (Å²) in [7, 11) is 8.36. The highest BCUT2D eigenvalue weighted by molar-refractivity contribution is 8.13. The van der Waals surface area contributed by atoms with Gasteiger partial charge in [0, 0.05) is 83.9 Å². The van der Waals surface area contributed by atoms with E-state index in [0.29, 0.717) is 79.5 Å². The maximum absolute atomic E-state index is 12.1. The van der Waals surface area contributed by atoms with E-state index in [4.69, 9.17) is 53.8 Å². The van der Waals surface area contributed by atoms with Crippen molar-refractivity contribution in [1.29, 1.82) is 21.0 Å². The van der Waals surface area contributed by atoms with Crippen LogP contribution in [0.5, 0.6) is 0 Å². The van der Waals surface area contributed by atoms with Crippen molar-refractivity contribution in [3.05, 3.63) is 222 Å². The number of thioether (sulfide) groups is 2. The fourth-order valence-corrected chi connectivity index (χ4v) is 13.7. The molecule has 0 aliphatic carbocycles. The Morgan fingerprint density at radius 3 is 0.853 bits per heavy atom. The van der Waals surface area contributed by atoms with E-state index in [1.165, 1.54) is 25.7 Å². The molecule has 686 valence electrons. The van der Waals surface area contributed by atoms with Crippen LogP contribution >= 0.6 is 23.5 Å². The Morgan fingerprint density at radius 1 is 0.411 bits per heavy atom. The number of allylic oxidation sites excluding steroid dienone is 4. The normalized spacial score (nSPS) is 13.0. The molecule has 0 bridgehead atoms. The number of carbonyl (C=O) groups is 5. The van der Waals surface area contributed by atoms with Gasteiger partial charge in [-0.25, -0.2) is 19.2 Å². The van der Waals surface area contributed by atoms with Gasteiger partial charge < -0.3 is 52.1 Å². The van der Waals surface area contributed by atoms with Crippen LogP contribution in [0.4, 0.5) is 19.2 Å². The van der Waals surface area contributed by atoms with Gasteiger partial charge in [0.1, 0.15) is 81.7 Å². The van der Waals surface area contributed by atoms with Crippen LogP contribution in [0.3, 0.4) is 0 Å². The van der Waals surface area contributed by atoms with Gasteiger partial charge in [0.2, 0.25) is 25.2 Å². The lowest BCUT2D eigenvalue weighted by Gasteiger charge is -2.21. The molecular weight excluding hydrogens is 1680 g/mol. The molecule has 0 aliphatic heterocycles. The van der Waals surface area contributed by atoms with E-state index < -0.39 is 54.0 Å². The fraction of sp³-hybridized carbons (Fsp3) is 0.424. The standard InChI is InChI=1S/C25H31N3O5S.C25H31N3O4.C25H29N3O4.C24H31N3O3S/c1-15-16(2)27-28(7)22(15)23(32-17(3)33-24(30)34-14-21(29)31-8)20(13-26)18-9-11-19(12-10-18)25(4,5)6;2*1-9-14-30-24(29)32-18(4)31-23(22-16(2)17(3)27-28(22)8)21(15-26)19-10-12-20(13-11-19)25(5,6)7;1-9-31-23(28)30-17(4)29-22(21-15(2)16(3)26-27(21)8)20(14-25)18-10-12-19(13-11-18)24(5,6)7/h9-12,17H,14H2,1-8H3;9-13,18H,1,14H2,2-8H3;1,10-13,18H,14H2,2-8H3;10-13,17H,9H2,1-8H3/b23-20-;2*23-21-;22-20-. The number of nitrogens with zero attached hydrogens (tertiary/aromatic N) is 12. The van der Waals surface area contributed by atoms with Gasteiger partial charge in [0.15, 0.2) is 29.6 Å². The first-order valence-corrected chi connectivity index (χ1v) is 43.5. The SMILES string of the molecule is C#CCOC(=O)OC(C)O/C(=C(/C#N)c1ccc(C(C)(C)C)cc1)c1c(C)c(C)nn1C.C=CCOC(=O)OC(C)O/C(=C(/C#N)c1ccc(C(C)(C)C)cc1)c1c(C)c(C)nn1C.CCSC(=O)OC(C)O/C(=C(/C#N)c1ccc(C(C)(C)C)cc1)c1c(C)c(C)nn1C.COC(=O)CSC(=O)OC(C)O/C(=C(/C#N)c1ccc(C(C)(C)C)cc1)c1c(C)c(C)nn1C. The van der Waals surface area contributed by atoms with E-state index in [1.807, 2.05) is 159 Å². The van der Waals surface area contributed by atoms with Crippen molar-refractivity contribution in [2.45, 2.75) is 220 Å². The van der Waals surface area contributed by atoms with Crippen LogP contribution in [0.15, 0.2) is 110 Å². The van der Waals surface area contributed by atoms with Crippen LogP contribution in [0.2, 0.25) is 0 Å². The zero-order valence-electron chi connectivity index (χ0n) is 80.0. The van der Waals surface area contributed by atoms with Crippen LogP contribution in [-0.4, -0.2) is 125 Å². The molecule has 8 rings (SSSR count). The summed E-state index contributed by atoms with van der Waals surface area (Å²) in [5.41, 5.74) is 17.8. The summed E-state index contributed by atoms with van der Waals surface area (Å²) in [4.78, 5) is 58.9.